The molecule has 164 valence electrons. The van der Waals surface area contributed by atoms with Crippen LogP contribution in [0.2, 0.25) is 0 Å². The summed E-state index contributed by atoms with van der Waals surface area (Å²) in [6, 6.07) is 22.1. The maximum absolute atomic E-state index is 12.3. The lowest BCUT2D eigenvalue weighted by Crippen LogP contribution is -2.24. The molecule has 0 aliphatic heterocycles. The summed E-state index contributed by atoms with van der Waals surface area (Å²) in [7, 11) is -3.69. The highest BCUT2D eigenvalue weighted by molar-refractivity contribution is 7.89. The van der Waals surface area contributed by atoms with Gasteiger partial charge >= 0.3 is 5.97 Å². The van der Waals surface area contributed by atoms with E-state index in [4.69, 9.17) is 4.74 Å². The molecule has 3 aromatic carbocycles. The minimum Gasteiger partial charge on any atom is -0.452 e. The zero-order valence-corrected chi connectivity index (χ0v) is 18.0. The summed E-state index contributed by atoms with van der Waals surface area (Å²) in [4.78, 5) is 24.6. The van der Waals surface area contributed by atoms with Crippen LogP contribution in [0.4, 0.5) is 5.69 Å². The first-order chi connectivity index (χ1) is 15.4. The van der Waals surface area contributed by atoms with Crippen LogP contribution < -0.4 is 10.0 Å². The average Bonchev–Trinajstić information content (AvgIpc) is 2.82. The third kappa shape index (κ3) is 5.90. The fraction of sp³-hybridized carbons (Fsp3) is 0.0833. The first-order valence-corrected chi connectivity index (χ1v) is 11.2. The number of sulfonamides is 1. The van der Waals surface area contributed by atoms with Crippen molar-refractivity contribution >= 4 is 27.6 Å². The third-order valence-corrected chi connectivity index (χ3v) is 5.88. The van der Waals surface area contributed by atoms with Gasteiger partial charge in [0.2, 0.25) is 10.0 Å². The van der Waals surface area contributed by atoms with Crippen molar-refractivity contribution in [3.05, 3.63) is 97.1 Å². The van der Waals surface area contributed by atoms with E-state index in [1.54, 1.807) is 12.1 Å². The van der Waals surface area contributed by atoms with Crippen molar-refractivity contribution in [1.82, 2.24) is 4.72 Å². The smallest absolute Gasteiger partial charge is 0.338 e. The van der Waals surface area contributed by atoms with Crippen LogP contribution in [0.25, 0.3) is 11.1 Å². The molecule has 0 aliphatic carbocycles. The minimum atomic E-state index is -3.69. The third-order valence-electron chi connectivity index (χ3n) is 4.44. The Balaban J connectivity index is 1.60. The minimum absolute atomic E-state index is 0.00571. The topological polar surface area (TPSA) is 102 Å². The van der Waals surface area contributed by atoms with Gasteiger partial charge < -0.3 is 10.1 Å². The average molecular weight is 451 g/mol. The van der Waals surface area contributed by atoms with Crippen molar-refractivity contribution in [3.63, 3.8) is 0 Å². The summed E-state index contributed by atoms with van der Waals surface area (Å²) in [5, 5.41) is 2.75. The number of benzene rings is 3. The van der Waals surface area contributed by atoms with Crippen LogP contribution in [-0.2, 0) is 19.6 Å². The highest BCUT2D eigenvalue weighted by atomic mass is 32.2. The van der Waals surface area contributed by atoms with Crippen LogP contribution in [0.3, 0.4) is 0 Å². The van der Waals surface area contributed by atoms with Gasteiger partial charge in [0.15, 0.2) is 6.61 Å². The molecule has 1 amide bonds. The number of esters is 1. The molecule has 0 heterocycles. The number of rotatable bonds is 9. The second-order valence-corrected chi connectivity index (χ2v) is 8.47. The molecule has 0 aliphatic rings. The molecule has 8 heteroatoms. The standard InChI is InChI=1S/C24H22N2O5S/c1-2-16-25-32(29,30)20-14-12-19(13-15-20)24(28)31-17-23(27)26-22-11-7-6-10-21(22)18-8-4-3-5-9-18/h2-15,25H,1,16-17H2,(H,26,27). The summed E-state index contributed by atoms with van der Waals surface area (Å²) in [5.41, 5.74) is 2.51. The van der Waals surface area contributed by atoms with Crippen molar-refractivity contribution < 1.29 is 22.7 Å². The molecular formula is C24H22N2O5S. The molecule has 3 rings (SSSR count). The quantitative estimate of drug-likeness (QED) is 0.383. The van der Waals surface area contributed by atoms with E-state index in [-0.39, 0.29) is 17.0 Å². The lowest BCUT2D eigenvalue weighted by atomic mass is 10.0. The zero-order chi connectivity index (χ0) is 23.0. The van der Waals surface area contributed by atoms with Crippen LogP contribution in [0, 0.1) is 0 Å². The summed E-state index contributed by atoms with van der Waals surface area (Å²) < 4.78 is 31.5. The Hall–Kier alpha value is -3.75. The number of para-hydroxylation sites is 1. The molecule has 32 heavy (non-hydrogen) atoms. The second kappa shape index (κ2) is 10.5. The van der Waals surface area contributed by atoms with Gasteiger partial charge in [0.05, 0.1) is 10.5 Å². The van der Waals surface area contributed by atoms with Crippen molar-refractivity contribution in [2.24, 2.45) is 0 Å². The fourth-order valence-corrected chi connectivity index (χ4v) is 3.88. The molecule has 0 aromatic heterocycles. The number of hydrogen-bond donors (Lipinski definition) is 2. The number of hydrogen-bond acceptors (Lipinski definition) is 5. The lowest BCUT2D eigenvalue weighted by Gasteiger charge is -2.11. The lowest BCUT2D eigenvalue weighted by molar-refractivity contribution is -0.119. The molecule has 7 nitrogen and oxygen atoms in total. The Morgan fingerprint density at radius 3 is 2.25 bits per heavy atom. The van der Waals surface area contributed by atoms with E-state index in [9.17, 15) is 18.0 Å². The molecule has 0 fully saturated rings. The number of carbonyl (C=O) groups excluding carboxylic acids is 2. The largest absolute Gasteiger partial charge is 0.452 e. The molecule has 0 saturated heterocycles. The van der Waals surface area contributed by atoms with Gasteiger partial charge in [-0.15, -0.1) is 6.58 Å². The number of amides is 1. The van der Waals surface area contributed by atoms with Crippen molar-refractivity contribution in [2.45, 2.75) is 4.90 Å². The van der Waals surface area contributed by atoms with Crippen LogP contribution in [0.15, 0.2) is 96.4 Å². The molecular weight excluding hydrogens is 428 g/mol. The first kappa shape index (κ1) is 22.9. The van der Waals surface area contributed by atoms with Gasteiger partial charge in [-0.3, -0.25) is 4.79 Å². The van der Waals surface area contributed by atoms with Crippen LogP contribution in [-0.4, -0.2) is 33.4 Å². The van der Waals surface area contributed by atoms with E-state index < -0.39 is 28.5 Å². The maximum atomic E-state index is 12.3. The van der Waals surface area contributed by atoms with E-state index >= 15 is 0 Å². The molecule has 0 unspecified atom stereocenters. The number of ether oxygens (including phenoxy) is 1. The summed E-state index contributed by atoms with van der Waals surface area (Å²) in [6.45, 7) is 3.06. The summed E-state index contributed by atoms with van der Waals surface area (Å²) in [5.74, 6) is -1.23. The van der Waals surface area contributed by atoms with Gasteiger partial charge in [0, 0.05) is 17.8 Å². The molecule has 2 N–H and O–H groups in total. The van der Waals surface area contributed by atoms with Crippen LogP contribution >= 0.6 is 0 Å². The molecule has 3 aromatic rings. The molecule has 0 spiro atoms. The molecule has 0 bridgehead atoms. The summed E-state index contributed by atoms with van der Waals surface area (Å²) >= 11 is 0. The summed E-state index contributed by atoms with van der Waals surface area (Å²) in [6.07, 6.45) is 1.42. The highest BCUT2D eigenvalue weighted by Crippen LogP contribution is 2.27. The normalized spacial score (nSPS) is 10.9. The van der Waals surface area contributed by atoms with Gasteiger partial charge in [-0.05, 0) is 35.9 Å². The van der Waals surface area contributed by atoms with Crippen molar-refractivity contribution in [3.8, 4) is 11.1 Å². The molecule has 0 radical (unpaired) electrons. The Labute approximate surface area is 186 Å². The Morgan fingerprint density at radius 1 is 0.906 bits per heavy atom. The van der Waals surface area contributed by atoms with Gasteiger partial charge in [-0.2, -0.15) is 0 Å². The van der Waals surface area contributed by atoms with Gasteiger partial charge in [0.1, 0.15) is 0 Å². The van der Waals surface area contributed by atoms with E-state index in [1.807, 2.05) is 42.5 Å². The monoisotopic (exact) mass is 450 g/mol. The number of carbonyl (C=O) groups is 2. The maximum Gasteiger partial charge on any atom is 0.338 e. The van der Waals surface area contributed by atoms with Crippen molar-refractivity contribution in [1.29, 1.82) is 0 Å². The van der Waals surface area contributed by atoms with E-state index in [2.05, 4.69) is 16.6 Å². The number of nitrogens with one attached hydrogen (secondary N) is 2. The van der Waals surface area contributed by atoms with Gasteiger partial charge in [-0.25, -0.2) is 17.9 Å². The Kier molecular flexibility index (Phi) is 7.54. The van der Waals surface area contributed by atoms with E-state index in [1.165, 1.54) is 30.3 Å². The van der Waals surface area contributed by atoms with Crippen molar-refractivity contribution in [2.75, 3.05) is 18.5 Å². The zero-order valence-electron chi connectivity index (χ0n) is 17.2. The van der Waals surface area contributed by atoms with Crippen LogP contribution in [0.5, 0.6) is 0 Å². The van der Waals surface area contributed by atoms with E-state index in [0.29, 0.717) is 5.69 Å². The Bertz CT molecular complexity index is 1210. The predicted molar refractivity (Wildman–Crippen MR) is 123 cm³/mol. The fourth-order valence-electron chi connectivity index (χ4n) is 2.88. The second-order valence-electron chi connectivity index (χ2n) is 6.70. The van der Waals surface area contributed by atoms with Gasteiger partial charge in [-0.1, -0.05) is 54.6 Å². The Morgan fingerprint density at radius 2 is 1.56 bits per heavy atom. The SMILES string of the molecule is C=CCNS(=O)(=O)c1ccc(C(=O)OCC(=O)Nc2ccccc2-c2ccccc2)cc1. The molecule has 0 saturated carbocycles. The van der Waals surface area contributed by atoms with E-state index in [0.717, 1.165) is 11.1 Å². The van der Waals surface area contributed by atoms with Gasteiger partial charge in [0.25, 0.3) is 5.91 Å². The van der Waals surface area contributed by atoms with Crippen LogP contribution in [0.1, 0.15) is 10.4 Å². The highest BCUT2D eigenvalue weighted by Gasteiger charge is 2.16. The molecule has 0 atom stereocenters. The first-order valence-electron chi connectivity index (χ1n) is 9.73. The predicted octanol–water partition coefficient (Wildman–Crippen LogP) is 3.61. The number of anilines is 1.